The number of carbonyl (C=O) groups is 2. The maximum atomic E-state index is 11.8. The van der Waals surface area contributed by atoms with Gasteiger partial charge in [-0.15, -0.1) is 16.4 Å². The highest BCUT2D eigenvalue weighted by molar-refractivity contribution is 7.10. The van der Waals surface area contributed by atoms with Crippen molar-refractivity contribution >= 4 is 23.2 Å². The minimum atomic E-state index is -0.979. The molecule has 1 atom stereocenters. The molecular formula is C12H14N4O3S. The quantitative estimate of drug-likeness (QED) is 0.823. The molecule has 0 fully saturated rings. The average molecular weight is 294 g/mol. The van der Waals surface area contributed by atoms with Crippen molar-refractivity contribution in [2.45, 2.75) is 25.9 Å². The number of nitrogens with one attached hydrogen (secondary N) is 1. The van der Waals surface area contributed by atoms with Gasteiger partial charge in [0.1, 0.15) is 6.54 Å². The van der Waals surface area contributed by atoms with Gasteiger partial charge in [0.25, 0.3) is 0 Å². The third kappa shape index (κ3) is 3.89. The van der Waals surface area contributed by atoms with Crippen molar-refractivity contribution in [2.75, 3.05) is 0 Å². The van der Waals surface area contributed by atoms with E-state index >= 15 is 0 Å². The van der Waals surface area contributed by atoms with Gasteiger partial charge in [0, 0.05) is 11.1 Å². The molecule has 0 saturated heterocycles. The highest BCUT2D eigenvalue weighted by Crippen LogP contribution is 2.17. The molecule has 2 rings (SSSR count). The van der Waals surface area contributed by atoms with Crippen molar-refractivity contribution in [3.8, 4) is 0 Å². The first-order chi connectivity index (χ1) is 9.54. The molecule has 0 saturated carbocycles. The van der Waals surface area contributed by atoms with Gasteiger partial charge >= 0.3 is 5.97 Å². The Morgan fingerprint density at radius 2 is 2.35 bits per heavy atom. The first-order valence-electron chi connectivity index (χ1n) is 5.98. The first kappa shape index (κ1) is 14.2. The molecule has 20 heavy (non-hydrogen) atoms. The van der Waals surface area contributed by atoms with Gasteiger partial charge in [-0.05, 0) is 18.4 Å². The molecule has 1 unspecified atom stereocenters. The van der Waals surface area contributed by atoms with Gasteiger partial charge in [0.05, 0.1) is 18.2 Å². The highest BCUT2D eigenvalue weighted by atomic mass is 32.1. The van der Waals surface area contributed by atoms with Crippen molar-refractivity contribution in [3.05, 3.63) is 34.3 Å². The molecule has 0 spiro atoms. The number of hydrogen-bond donors (Lipinski definition) is 2. The molecule has 0 aliphatic heterocycles. The number of carbonyl (C=O) groups excluding carboxylic acids is 1. The van der Waals surface area contributed by atoms with E-state index in [1.165, 1.54) is 10.9 Å². The molecule has 8 heteroatoms. The maximum absolute atomic E-state index is 11.8. The zero-order chi connectivity index (χ0) is 14.5. The normalized spacial score (nSPS) is 12.1. The predicted molar refractivity (Wildman–Crippen MR) is 72.2 cm³/mol. The lowest BCUT2D eigenvalue weighted by Gasteiger charge is -2.11. The number of carboxylic acids is 1. The van der Waals surface area contributed by atoms with Gasteiger partial charge in [-0.1, -0.05) is 11.3 Å². The molecule has 2 aromatic rings. The molecule has 2 heterocycles. The molecule has 0 aliphatic carbocycles. The molecule has 2 aromatic heterocycles. The highest BCUT2D eigenvalue weighted by Gasteiger charge is 2.12. The van der Waals surface area contributed by atoms with Crippen LogP contribution < -0.4 is 5.32 Å². The summed E-state index contributed by atoms with van der Waals surface area (Å²) in [5.41, 5.74) is 0.330. The Bertz CT molecular complexity index is 594. The Hall–Kier alpha value is -2.22. The number of aliphatic carboxylic acids is 1. The lowest BCUT2D eigenvalue weighted by molar-refractivity contribution is -0.136. The van der Waals surface area contributed by atoms with Crippen molar-refractivity contribution in [3.63, 3.8) is 0 Å². The van der Waals surface area contributed by atoms with E-state index in [0.717, 1.165) is 4.88 Å². The Labute approximate surface area is 119 Å². The third-order valence-electron chi connectivity index (χ3n) is 2.57. The van der Waals surface area contributed by atoms with Crippen LogP contribution >= 0.6 is 11.3 Å². The van der Waals surface area contributed by atoms with Crippen molar-refractivity contribution in [1.29, 1.82) is 0 Å². The van der Waals surface area contributed by atoms with Crippen LogP contribution in [0.15, 0.2) is 23.7 Å². The second-order valence-electron chi connectivity index (χ2n) is 4.28. The van der Waals surface area contributed by atoms with E-state index in [-0.39, 0.29) is 24.9 Å². The molecule has 0 bridgehead atoms. The number of carboxylic acid groups (broad SMARTS) is 1. The predicted octanol–water partition coefficient (Wildman–Crippen LogP) is 0.844. The fourth-order valence-electron chi connectivity index (χ4n) is 1.69. The number of nitrogens with zero attached hydrogens (tertiary/aromatic N) is 3. The van der Waals surface area contributed by atoms with Gasteiger partial charge in [0.2, 0.25) is 5.91 Å². The summed E-state index contributed by atoms with van der Waals surface area (Å²) in [6.45, 7) is 1.92. The summed E-state index contributed by atoms with van der Waals surface area (Å²) in [5, 5.41) is 20.8. The van der Waals surface area contributed by atoms with Crippen LogP contribution in [0.2, 0.25) is 0 Å². The van der Waals surface area contributed by atoms with Gasteiger partial charge in [-0.2, -0.15) is 0 Å². The van der Waals surface area contributed by atoms with Crippen molar-refractivity contribution in [2.24, 2.45) is 0 Å². The maximum Gasteiger partial charge on any atom is 0.309 e. The smallest absolute Gasteiger partial charge is 0.309 e. The number of rotatable bonds is 6. The largest absolute Gasteiger partial charge is 0.481 e. The van der Waals surface area contributed by atoms with E-state index in [9.17, 15) is 9.59 Å². The van der Waals surface area contributed by atoms with Gasteiger partial charge < -0.3 is 10.4 Å². The first-order valence-corrected chi connectivity index (χ1v) is 6.86. The molecular weight excluding hydrogens is 280 g/mol. The fraction of sp³-hybridized carbons (Fsp3) is 0.333. The zero-order valence-electron chi connectivity index (χ0n) is 10.8. The van der Waals surface area contributed by atoms with E-state index in [1.54, 1.807) is 11.3 Å². The average Bonchev–Trinajstić information content (AvgIpc) is 2.99. The standard InChI is InChI=1S/C12H14N4O3S/c1-8(10-3-2-4-20-10)13-11(17)7-16-6-9(14-15-16)5-12(18)19/h2-4,6,8H,5,7H2,1H3,(H,13,17)(H,18,19). The SMILES string of the molecule is CC(NC(=O)Cn1cc(CC(=O)O)nn1)c1cccs1. The molecule has 1 amide bonds. The number of hydrogen-bond acceptors (Lipinski definition) is 5. The molecule has 106 valence electrons. The van der Waals surface area contributed by atoms with Gasteiger partial charge in [-0.3, -0.25) is 9.59 Å². The molecule has 0 aromatic carbocycles. The van der Waals surface area contributed by atoms with Crippen LogP contribution in [-0.2, 0) is 22.6 Å². The van der Waals surface area contributed by atoms with E-state index in [2.05, 4.69) is 15.6 Å². The van der Waals surface area contributed by atoms with Crippen LogP contribution in [0.25, 0.3) is 0 Å². The summed E-state index contributed by atoms with van der Waals surface area (Å²) in [4.78, 5) is 23.4. The summed E-state index contributed by atoms with van der Waals surface area (Å²) >= 11 is 1.58. The molecule has 7 nitrogen and oxygen atoms in total. The number of amides is 1. The lowest BCUT2D eigenvalue weighted by Crippen LogP contribution is -2.29. The van der Waals surface area contributed by atoms with Crippen LogP contribution in [0.4, 0.5) is 0 Å². The monoisotopic (exact) mass is 294 g/mol. The Morgan fingerprint density at radius 3 is 3.00 bits per heavy atom. The van der Waals surface area contributed by atoms with Crippen LogP contribution in [-0.4, -0.2) is 32.0 Å². The molecule has 0 radical (unpaired) electrons. The van der Waals surface area contributed by atoms with E-state index in [0.29, 0.717) is 5.69 Å². The minimum absolute atomic E-state index is 0.0162. The van der Waals surface area contributed by atoms with Crippen molar-refractivity contribution in [1.82, 2.24) is 20.3 Å². The van der Waals surface area contributed by atoms with Crippen molar-refractivity contribution < 1.29 is 14.7 Å². The van der Waals surface area contributed by atoms with Gasteiger partial charge in [-0.25, -0.2) is 4.68 Å². The second-order valence-corrected chi connectivity index (χ2v) is 5.26. The number of thiophene rings is 1. The summed E-state index contributed by atoms with van der Waals surface area (Å²) in [7, 11) is 0. The van der Waals surface area contributed by atoms with Crippen LogP contribution in [0.3, 0.4) is 0 Å². The topological polar surface area (TPSA) is 97.1 Å². The van der Waals surface area contributed by atoms with E-state index in [1.807, 2.05) is 24.4 Å². The third-order valence-corrected chi connectivity index (χ3v) is 3.63. The van der Waals surface area contributed by atoms with E-state index < -0.39 is 5.97 Å². The van der Waals surface area contributed by atoms with Crippen LogP contribution in [0.1, 0.15) is 23.5 Å². The summed E-state index contributed by atoms with van der Waals surface area (Å²) in [6.07, 6.45) is 1.26. The lowest BCUT2D eigenvalue weighted by atomic mass is 10.3. The molecule has 0 aliphatic rings. The minimum Gasteiger partial charge on any atom is -0.481 e. The second kappa shape index (κ2) is 6.29. The van der Waals surface area contributed by atoms with Gasteiger partial charge in [0.15, 0.2) is 0 Å². The van der Waals surface area contributed by atoms with E-state index in [4.69, 9.17) is 5.11 Å². The van der Waals surface area contributed by atoms with Crippen LogP contribution in [0.5, 0.6) is 0 Å². The zero-order valence-corrected chi connectivity index (χ0v) is 11.6. The number of aromatic nitrogens is 3. The molecule has 2 N–H and O–H groups in total. The summed E-state index contributed by atoms with van der Waals surface area (Å²) in [5.74, 6) is -1.18. The Balaban J connectivity index is 1.88. The summed E-state index contributed by atoms with van der Waals surface area (Å²) < 4.78 is 1.33. The van der Waals surface area contributed by atoms with Crippen LogP contribution in [0, 0.1) is 0 Å². The Morgan fingerprint density at radius 1 is 1.55 bits per heavy atom. The Kier molecular flexibility index (Phi) is 4.46. The summed E-state index contributed by atoms with van der Waals surface area (Å²) in [6, 6.07) is 3.82. The fourth-order valence-corrected chi connectivity index (χ4v) is 2.43.